The molecule has 1 saturated carbocycles. The number of carbonyl (C=O) groups excluding carboxylic acids is 3. The zero-order valence-corrected chi connectivity index (χ0v) is 20.3. The Hall–Kier alpha value is -4.33. The first-order chi connectivity index (χ1) is 18.0. The maximum absolute atomic E-state index is 12.9. The summed E-state index contributed by atoms with van der Waals surface area (Å²) in [7, 11) is 0. The summed E-state index contributed by atoms with van der Waals surface area (Å²) in [6, 6.07) is 22.3. The average Bonchev–Trinajstić information content (AvgIpc) is 3.66. The molecule has 0 heterocycles. The van der Waals surface area contributed by atoms with E-state index >= 15 is 0 Å². The fourth-order valence-corrected chi connectivity index (χ4v) is 4.80. The van der Waals surface area contributed by atoms with Crippen LogP contribution in [-0.2, 0) is 16.1 Å². The van der Waals surface area contributed by atoms with Gasteiger partial charge < -0.3 is 25.8 Å². The van der Waals surface area contributed by atoms with Gasteiger partial charge in [0, 0.05) is 12.5 Å². The van der Waals surface area contributed by atoms with Crippen molar-refractivity contribution in [3.63, 3.8) is 0 Å². The van der Waals surface area contributed by atoms with Gasteiger partial charge in [0.05, 0.1) is 0 Å². The minimum Gasteiger partial charge on any atom is -0.449 e. The van der Waals surface area contributed by atoms with Crippen molar-refractivity contribution in [2.45, 2.75) is 37.8 Å². The first kappa shape index (κ1) is 24.4. The Labute approximate surface area is 215 Å². The molecule has 8 nitrogen and oxygen atoms in total. The highest BCUT2D eigenvalue weighted by molar-refractivity contribution is 5.85. The van der Waals surface area contributed by atoms with Crippen LogP contribution in [0, 0.1) is 5.92 Å². The SMILES string of the molecule is NC(=O)Oc1ccc(CNC(=O)C(CC2CC2)NC(=O)OCC2c3ccccc3-c3ccccc32)cc1. The maximum atomic E-state index is 12.9. The van der Waals surface area contributed by atoms with Crippen LogP contribution in [0.25, 0.3) is 11.1 Å². The highest BCUT2D eigenvalue weighted by Gasteiger charge is 2.32. The molecule has 8 heteroatoms. The van der Waals surface area contributed by atoms with Gasteiger partial charge in [-0.05, 0) is 52.3 Å². The Morgan fingerprint density at radius 3 is 2.11 bits per heavy atom. The zero-order valence-electron chi connectivity index (χ0n) is 20.3. The third-order valence-electron chi connectivity index (χ3n) is 6.83. The van der Waals surface area contributed by atoms with E-state index in [9.17, 15) is 14.4 Å². The molecule has 1 atom stereocenters. The number of benzene rings is 3. The minimum absolute atomic E-state index is 0.0459. The molecule has 5 rings (SSSR count). The lowest BCUT2D eigenvalue weighted by molar-refractivity contribution is -0.123. The number of fused-ring (bicyclic) bond motifs is 3. The molecule has 3 aromatic rings. The molecule has 0 bridgehead atoms. The van der Waals surface area contributed by atoms with Crippen molar-refractivity contribution in [2.24, 2.45) is 11.7 Å². The molecule has 3 aromatic carbocycles. The summed E-state index contributed by atoms with van der Waals surface area (Å²) in [6.45, 7) is 0.459. The summed E-state index contributed by atoms with van der Waals surface area (Å²) in [6.07, 6.45) is 1.19. The van der Waals surface area contributed by atoms with Crippen molar-refractivity contribution in [3.8, 4) is 16.9 Å². The van der Waals surface area contributed by atoms with Gasteiger partial charge in [-0.15, -0.1) is 0 Å². The first-order valence-corrected chi connectivity index (χ1v) is 12.4. The van der Waals surface area contributed by atoms with Crippen molar-refractivity contribution in [3.05, 3.63) is 89.5 Å². The van der Waals surface area contributed by atoms with E-state index in [0.717, 1.165) is 40.7 Å². The number of rotatable bonds is 9. The van der Waals surface area contributed by atoms with Crippen molar-refractivity contribution in [1.29, 1.82) is 0 Å². The number of nitrogens with two attached hydrogens (primary N) is 1. The third-order valence-corrected chi connectivity index (χ3v) is 6.83. The molecule has 3 amide bonds. The molecule has 4 N–H and O–H groups in total. The number of hydrogen-bond acceptors (Lipinski definition) is 5. The van der Waals surface area contributed by atoms with E-state index in [2.05, 4.69) is 34.9 Å². The lowest BCUT2D eigenvalue weighted by atomic mass is 9.98. The van der Waals surface area contributed by atoms with Gasteiger partial charge in [-0.1, -0.05) is 73.5 Å². The summed E-state index contributed by atoms with van der Waals surface area (Å²) in [5, 5.41) is 5.66. The van der Waals surface area contributed by atoms with E-state index in [1.807, 2.05) is 24.3 Å². The van der Waals surface area contributed by atoms with Gasteiger partial charge in [-0.25, -0.2) is 9.59 Å². The van der Waals surface area contributed by atoms with Gasteiger partial charge in [0.15, 0.2) is 0 Å². The number of hydrogen-bond donors (Lipinski definition) is 3. The highest BCUT2D eigenvalue weighted by atomic mass is 16.6. The monoisotopic (exact) mass is 499 g/mol. The van der Waals surface area contributed by atoms with Gasteiger partial charge in [0.2, 0.25) is 5.91 Å². The lowest BCUT2D eigenvalue weighted by Crippen LogP contribution is -2.47. The predicted octanol–water partition coefficient (Wildman–Crippen LogP) is 4.47. The molecule has 0 spiro atoms. The highest BCUT2D eigenvalue weighted by Crippen LogP contribution is 2.44. The molecule has 1 unspecified atom stereocenters. The van der Waals surface area contributed by atoms with Crippen LogP contribution in [0.15, 0.2) is 72.8 Å². The number of primary amides is 1. The van der Waals surface area contributed by atoms with Crippen LogP contribution in [0.2, 0.25) is 0 Å². The van der Waals surface area contributed by atoms with Crippen molar-refractivity contribution >= 4 is 18.1 Å². The fourth-order valence-electron chi connectivity index (χ4n) is 4.80. The van der Waals surface area contributed by atoms with E-state index in [1.54, 1.807) is 24.3 Å². The molecule has 0 aromatic heterocycles. The molecule has 2 aliphatic rings. The van der Waals surface area contributed by atoms with E-state index in [0.29, 0.717) is 18.1 Å². The lowest BCUT2D eigenvalue weighted by Gasteiger charge is -2.20. The molecule has 190 valence electrons. The summed E-state index contributed by atoms with van der Waals surface area (Å²) in [4.78, 5) is 36.6. The van der Waals surface area contributed by atoms with Crippen LogP contribution in [-0.4, -0.2) is 30.7 Å². The number of alkyl carbamates (subject to hydrolysis) is 1. The van der Waals surface area contributed by atoms with Gasteiger partial charge >= 0.3 is 12.2 Å². The van der Waals surface area contributed by atoms with Gasteiger partial charge in [0.25, 0.3) is 0 Å². The zero-order chi connectivity index (χ0) is 25.8. The summed E-state index contributed by atoms with van der Waals surface area (Å²) in [5.41, 5.74) is 10.4. The van der Waals surface area contributed by atoms with Crippen LogP contribution < -0.4 is 21.1 Å². The molecular formula is C29H29N3O5. The second-order valence-electron chi connectivity index (χ2n) is 9.48. The Balaban J connectivity index is 1.17. The normalized spacial score (nSPS) is 14.7. The third kappa shape index (κ3) is 5.91. The van der Waals surface area contributed by atoms with E-state index in [4.69, 9.17) is 15.2 Å². The largest absolute Gasteiger partial charge is 0.449 e. The van der Waals surface area contributed by atoms with Gasteiger partial charge in [-0.2, -0.15) is 0 Å². The Morgan fingerprint density at radius 1 is 0.892 bits per heavy atom. The van der Waals surface area contributed by atoms with E-state index in [-0.39, 0.29) is 25.0 Å². The minimum atomic E-state index is -0.886. The summed E-state index contributed by atoms with van der Waals surface area (Å²) < 4.78 is 10.5. The van der Waals surface area contributed by atoms with Crippen molar-refractivity contribution in [1.82, 2.24) is 10.6 Å². The van der Waals surface area contributed by atoms with Gasteiger partial charge in [0.1, 0.15) is 18.4 Å². The molecule has 2 aliphatic carbocycles. The molecular weight excluding hydrogens is 470 g/mol. The molecule has 0 saturated heterocycles. The smallest absolute Gasteiger partial charge is 0.409 e. The number of nitrogens with one attached hydrogen (secondary N) is 2. The van der Waals surface area contributed by atoms with E-state index in [1.165, 1.54) is 0 Å². The first-order valence-electron chi connectivity index (χ1n) is 12.4. The van der Waals surface area contributed by atoms with E-state index < -0.39 is 18.2 Å². The molecule has 1 fully saturated rings. The van der Waals surface area contributed by atoms with Crippen LogP contribution in [0.4, 0.5) is 9.59 Å². The number of ether oxygens (including phenoxy) is 2. The fraction of sp³-hybridized carbons (Fsp3) is 0.276. The van der Waals surface area contributed by atoms with Crippen molar-refractivity contribution in [2.75, 3.05) is 6.61 Å². The topological polar surface area (TPSA) is 120 Å². The Morgan fingerprint density at radius 2 is 1.51 bits per heavy atom. The van der Waals surface area contributed by atoms with Crippen LogP contribution in [0.5, 0.6) is 5.75 Å². The Kier molecular flexibility index (Phi) is 7.07. The van der Waals surface area contributed by atoms with Crippen LogP contribution in [0.1, 0.15) is 41.9 Å². The molecule has 37 heavy (non-hydrogen) atoms. The summed E-state index contributed by atoms with van der Waals surface area (Å²) >= 11 is 0. The second-order valence-corrected chi connectivity index (χ2v) is 9.48. The standard InChI is InChI=1S/C29H29N3O5/c30-28(34)37-20-13-11-19(12-14-20)16-31-27(33)26(15-18-9-10-18)32-29(35)36-17-25-23-7-3-1-5-21(23)22-6-2-4-8-24(22)25/h1-8,11-14,18,25-26H,9-10,15-17H2,(H2,30,34)(H,31,33)(H,32,35). The Bertz CT molecular complexity index is 1260. The van der Waals surface area contributed by atoms with Crippen LogP contribution in [0.3, 0.4) is 0 Å². The van der Waals surface area contributed by atoms with Gasteiger partial charge in [-0.3, -0.25) is 4.79 Å². The quantitative estimate of drug-likeness (QED) is 0.401. The second kappa shape index (κ2) is 10.7. The molecule has 0 radical (unpaired) electrons. The predicted molar refractivity (Wildman–Crippen MR) is 138 cm³/mol. The molecule has 0 aliphatic heterocycles. The maximum Gasteiger partial charge on any atom is 0.409 e. The number of amides is 3. The van der Waals surface area contributed by atoms with Crippen LogP contribution >= 0.6 is 0 Å². The summed E-state index contributed by atoms with van der Waals surface area (Å²) in [5.74, 6) is 0.439. The number of carbonyl (C=O) groups is 3. The van der Waals surface area contributed by atoms with Crippen molar-refractivity contribution < 1.29 is 23.9 Å². The average molecular weight is 500 g/mol.